The Balaban J connectivity index is 2.07. The van der Waals surface area contributed by atoms with Crippen LogP contribution in [-0.4, -0.2) is 35.7 Å². The van der Waals surface area contributed by atoms with Gasteiger partial charge in [0.1, 0.15) is 6.04 Å². The van der Waals surface area contributed by atoms with Crippen LogP contribution >= 0.6 is 0 Å². The number of fused-ring (bicyclic) bond motifs is 1. The van der Waals surface area contributed by atoms with E-state index < -0.39 is 23.2 Å². The lowest BCUT2D eigenvalue weighted by atomic mass is 10.0. The number of nitrogens with zero attached hydrogens (tertiary/aromatic N) is 1. The average Bonchev–Trinajstić information content (AvgIpc) is 2.68. The summed E-state index contributed by atoms with van der Waals surface area (Å²) in [4.78, 5) is 41.1. The Kier molecular flexibility index (Phi) is 5.83. The molecule has 3 aromatic rings. The Hall–Kier alpha value is -3.19. The average molecular weight is 367 g/mol. The molecule has 0 aliphatic rings. The number of carbonyl (C=O) groups excluding carboxylic acids is 1. The summed E-state index contributed by atoms with van der Waals surface area (Å²) in [5.41, 5.74) is 0.199. The van der Waals surface area contributed by atoms with E-state index in [0.717, 1.165) is 10.1 Å². The van der Waals surface area contributed by atoms with E-state index in [4.69, 9.17) is 4.74 Å². The minimum absolute atomic E-state index is 0.223. The van der Waals surface area contributed by atoms with Crippen molar-refractivity contribution >= 4 is 16.8 Å². The number of H-pyrrole nitrogens is 1. The van der Waals surface area contributed by atoms with Crippen LogP contribution in [0.3, 0.4) is 0 Å². The largest absolute Gasteiger partial charge is 0.383 e. The fraction of sp³-hybridized carbons (Fsp3) is 0.250. The van der Waals surface area contributed by atoms with Crippen molar-refractivity contribution in [3.63, 3.8) is 0 Å². The van der Waals surface area contributed by atoms with Crippen molar-refractivity contribution in [3.05, 3.63) is 81.0 Å². The maximum atomic E-state index is 13.0. The molecule has 2 aromatic carbocycles. The van der Waals surface area contributed by atoms with E-state index in [1.807, 2.05) is 30.3 Å². The molecule has 0 fully saturated rings. The molecule has 0 saturated carbocycles. The van der Waals surface area contributed by atoms with Crippen molar-refractivity contribution in [2.75, 3.05) is 20.3 Å². The van der Waals surface area contributed by atoms with Crippen molar-refractivity contribution in [1.29, 1.82) is 0 Å². The number of nitrogens with one attached hydrogen (secondary N) is 2. The van der Waals surface area contributed by atoms with Gasteiger partial charge in [-0.1, -0.05) is 42.5 Å². The first kappa shape index (κ1) is 18.6. The number of aromatic amines is 1. The number of para-hydroxylation sites is 1. The maximum Gasteiger partial charge on any atom is 0.329 e. The Morgan fingerprint density at radius 2 is 1.81 bits per heavy atom. The molecule has 7 heteroatoms. The summed E-state index contributed by atoms with van der Waals surface area (Å²) in [5.74, 6) is -0.404. The van der Waals surface area contributed by atoms with Crippen LogP contribution in [0.25, 0.3) is 10.9 Å². The van der Waals surface area contributed by atoms with Gasteiger partial charge in [-0.2, -0.15) is 0 Å². The molecule has 1 heterocycles. The minimum atomic E-state index is -0.967. The number of rotatable bonds is 7. The van der Waals surface area contributed by atoms with Gasteiger partial charge in [-0.3, -0.25) is 9.59 Å². The summed E-state index contributed by atoms with van der Waals surface area (Å²) in [5, 5.41) is 3.09. The van der Waals surface area contributed by atoms with Crippen LogP contribution in [-0.2, 0) is 16.0 Å². The summed E-state index contributed by atoms with van der Waals surface area (Å²) < 4.78 is 5.95. The number of carbonyl (C=O) groups is 1. The number of amides is 1. The fourth-order valence-electron chi connectivity index (χ4n) is 2.99. The van der Waals surface area contributed by atoms with Crippen LogP contribution in [0.5, 0.6) is 0 Å². The minimum Gasteiger partial charge on any atom is -0.383 e. The molecule has 0 aliphatic carbocycles. The molecule has 0 aliphatic heterocycles. The van der Waals surface area contributed by atoms with Gasteiger partial charge in [0.25, 0.3) is 5.56 Å². The zero-order valence-corrected chi connectivity index (χ0v) is 15.0. The molecule has 7 nitrogen and oxygen atoms in total. The monoisotopic (exact) mass is 367 g/mol. The van der Waals surface area contributed by atoms with Crippen LogP contribution in [0.2, 0.25) is 0 Å². The highest BCUT2D eigenvalue weighted by molar-refractivity contribution is 5.82. The molecule has 2 N–H and O–H groups in total. The van der Waals surface area contributed by atoms with E-state index in [1.165, 1.54) is 7.11 Å². The molecular formula is C20H21N3O4. The lowest BCUT2D eigenvalue weighted by Gasteiger charge is -2.19. The van der Waals surface area contributed by atoms with Crippen LogP contribution in [0, 0.1) is 0 Å². The quantitative estimate of drug-likeness (QED) is 0.615. The van der Waals surface area contributed by atoms with Crippen LogP contribution < -0.4 is 16.6 Å². The molecule has 1 aromatic heterocycles. The van der Waals surface area contributed by atoms with Gasteiger partial charge in [-0.25, -0.2) is 9.36 Å². The lowest BCUT2D eigenvalue weighted by Crippen LogP contribution is -2.46. The smallest absolute Gasteiger partial charge is 0.329 e. The first-order valence-electron chi connectivity index (χ1n) is 8.66. The van der Waals surface area contributed by atoms with E-state index in [0.29, 0.717) is 24.1 Å². The molecule has 0 saturated heterocycles. The Morgan fingerprint density at radius 1 is 1.11 bits per heavy atom. The van der Waals surface area contributed by atoms with E-state index >= 15 is 0 Å². The molecule has 27 heavy (non-hydrogen) atoms. The Bertz CT molecular complexity index is 1040. The van der Waals surface area contributed by atoms with Crippen molar-refractivity contribution in [3.8, 4) is 0 Å². The third kappa shape index (κ3) is 4.15. The summed E-state index contributed by atoms with van der Waals surface area (Å²) in [6.07, 6.45) is 0.223. The Labute approximate surface area is 155 Å². The SMILES string of the molecule is COCCNC(=O)[C@@H](Cc1ccccc1)n1c(=O)[nH]c2ccccc2c1=O. The molecular weight excluding hydrogens is 346 g/mol. The van der Waals surface area contributed by atoms with E-state index in [2.05, 4.69) is 10.3 Å². The van der Waals surface area contributed by atoms with E-state index in [1.54, 1.807) is 24.3 Å². The molecule has 1 atom stereocenters. The number of ether oxygens (including phenoxy) is 1. The molecule has 0 spiro atoms. The topological polar surface area (TPSA) is 93.2 Å². The van der Waals surface area contributed by atoms with Crippen LogP contribution in [0.15, 0.2) is 64.2 Å². The second-order valence-electron chi connectivity index (χ2n) is 6.14. The second-order valence-corrected chi connectivity index (χ2v) is 6.14. The molecule has 0 unspecified atom stereocenters. The first-order valence-corrected chi connectivity index (χ1v) is 8.66. The van der Waals surface area contributed by atoms with Gasteiger partial charge in [0.2, 0.25) is 5.91 Å². The molecule has 140 valence electrons. The van der Waals surface area contributed by atoms with Gasteiger partial charge in [0, 0.05) is 20.1 Å². The highest BCUT2D eigenvalue weighted by Crippen LogP contribution is 2.13. The van der Waals surface area contributed by atoms with Crippen molar-refractivity contribution < 1.29 is 9.53 Å². The van der Waals surface area contributed by atoms with Gasteiger partial charge in [0.15, 0.2) is 0 Å². The number of aromatic nitrogens is 2. The zero-order chi connectivity index (χ0) is 19.2. The van der Waals surface area contributed by atoms with Crippen molar-refractivity contribution in [2.24, 2.45) is 0 Å². The third-order valence-electron chi connectivity index (χ3n) is 4.33. The van der Waals surface area contributed by atoms with Gasteiger partial charge >= 0.3 is 5.69 Å². The lowest BCUT2D eigenvalue weighted by molar-refractivity contribution is -0.124. The molecule has 0 bridgehead atoms. The number of methoxy groups -OCH3 is 1. The second kappa shape index (κ2) is 8.46. The van der Waals surface area contributed by atoms with Gasteiger partial charge in [-0.15, -0.1) is 0 Å². The van der Waals surface area contributed by atoms with Gasteiger partial charge in [0.05, 0.1) is 17.5 Å². The van der Waals surface area contributed by atoms with E-state index in [-0.39, 0.29) is 6.42 Å². The van der Waals surface area contributed by atoms with Gasteiger partial charge < -0.3 is 15.0 Å². The normalized spacial score (nSPS) is 12.0. The standard InChI is InChI=1S/C20H21N3O4/c1-27-12-11-21-18(24)17(13-14-7-3-2-4-8-14)23-19(25)15-9-5-6-10-16(15)22-20(23)26/h2-10,17H,11-13H2,1H3,(H,21,24)(H,22,26)/t17-/m1/s1. The zero-order valence-electron chi connectivity index (χ0n) is 15.0. The summed E-state index contributed by atoms with van der Waals surface area (Å²) in [6, 6.07) is 15.1. The predicted molar refractivity (Wildman–Crippen MR) is 103 cm³/mol. The number of hydrogen-bond acceptors (Lipinski definition) is 4. The van der Waals surface area contributed by atoms with Crippen LogP contribution in [0.4, 0.5) is 0 Å². The number of hydrogen-bond donors (Lipinski definition) is 2. The van der Waals surface area contributed by atoms with Crippen LogP contribution in [0.1, 0.15) is 11.6 Å². The van der Waals surface area contributed by atoms with Gasteiger partial charge in [-0.05, 0) is 17.7 Å². The predicted octanol–water partition coefficient (Wildman–Crippen LogP) is 1.24. The first-order chi connectivity index (χ1) is 13.1. The fourth-order valence-corrected chi connectivity index (χ4v) is 2.99. The Morgan fingerprint density at radius 3 is 2.56 bits per heavy atom. The highest BCUT2D eigenvalue weighted by atomic mass is 16.5. The van der Waals surface area contributed by atoms with Crippen molar-refractivity contribution in [2.45, 2.75) is 12.5 Å². The van der Waals surface area contributed by atoms with Crippen molar-refractivity contribution in [1.82, 2.24) is 14.9 Å². The third-order valence-corrected chi connectivity index (χ3v) is 4.33. The highest BCUT2D eigenvalue weighted by Gasteiger charge is 2.25. The van der Waals surface area contributed by atoms with E-state index in [9.17, 15) is 14.4 Å². The molecule has 3 rings (SSSR count). The maximum absolute atomic E-state index is 13.0. The number of benzene rings is 2. The summed E-state index contributed by atoms with van der Waals surface area (Å²) >= 11 is 0. The summed E-state index contributed by atoms with van der Waals surface area (Å²) in [6.45, 7) is 0.633. The summed E-state index contributed by atoms with van der Waals surface area (Å²) in [7, 11) is 1.53. The molecule has 0 radical (unpaired) electrons. The molecule has 1 amide bonds.